The van der Waals surface area contributed by atoms with Crippen molar-refractivity contribution >= 4 is 11.9 Å². The molecule has 0 radical (unpaired) electrons. The van der Waals surface area contributed by atoms with Gasteiger partial charge in [0.15, 0.2) is 0 Å². The number of aliphatic hydroxyl groups is 1. The molecule has 0 aliphatic heterocycles. The number of carbonyl (C=O) groups excluding carboxylic acids is 1. The molecule has 0 heterocycles. The third-order valence-corrected chi connectivity index (χ3v) is 4.45. The summed E-state index contributed by atoms with van der Waals surface area (Å²) in [5.74, 6) is -0.824. The van der Waals surface area contributed by atoms with Gasteiger partial charge in [-0.3, -0.25) is 9.59 Å². The van der Waals surface area contributed by atoms with Gasteiger partial charge in [0.2, 0.25) is 5.91 Å². The number of carboxylic acids is 1. The van der Waals surface area contributed by atoms with E-state index in [1.54, 1.807) is 18.9 Å². The highest BCUT2D eigenvalue weighted by Crippen LogP contribution is 2.33. The molecule has 1 amide bonds. The molecule has 19 heavy (non-hydrogen) atoms. The van der Waals surface area contributed by atoms with Gasteiger partial charge in [-0.15, -0.1) is 0 Å². The number of carbonyl (C=O) groups is 2. The molecule has 1 aliphatic carbocycles. The zero-order chi connectivity index (χ0) is 14.8. The highest BCUT2D eigenvalue weighted by Gasteiger charge is 2.40. The van der Waals surface area contributed by atoms with E-state index in [1.807, 2.05) is 13.8 Å². The third kappa shape index (κ3) is 3.69. The first-order valence-corrected chi connectivity index (χ1v) is 6.82. The standard InChI is InChI=1S/C14H25NO4/c1-9(2)14(3,13(18)19)7-12(17)15(4)8-10-5-11(16)6-10/h9-11,16H,5-8H2,1-4H3,(H,18,19). The molecule has 5 nitrogen and oxygen atoms in total. The van der Waals surface area contributed by atoms with Gasteiger partial charge in [0.25, 0.3) is 0 Å². The number of aliphatic hydroxyl groups excluding tert-OH is 1. The summed E-state index contributed by atoms with van der Waals surface area (Å²) in [4.78, 5) is 25.1. The van der Waals surface area contributed by atoms with Crippen molar-refractivity contribution in [1.29, 1.82) is 0 Å². The van der Waals surface area contributed by atoms with Crippen molar-refractivity contribution in [2.24, 2.45) is 17.3 Å². The van der Waals surface area contributed by atoms with Gasteiger partial charge < -0.3 is 15.1 Å². The summed E-state index contributed by atoms with van der Waals surface area (Å²) in [5, 5.41) is 18.5. The molecule has 5 heteroatoms. The van der Waals surface area contributed by atoms with Crippen molar-refractivity contribution in [1.82, 2.24) is 4.90 Å². The van der Waals surface area contributed by atoms with Crippen LogP contribution in [0.2, 0.25) is 0 Å². The zero-order valence-corrected chi connectivity index (χ0v) is 12.2. The molecular weight excluding hydrogens is 246 g/mol. The van der Waals surface area contributed by atoms with Crippen LogP contribution in [0.5, 0.6) is 0 Å². The molecule has 0 saturated heterocycles. The van der Waals surface area contributed by atoms with Crippen LogP contribution >= 0.6 is 0 Å². The van der Waals surface area contributed by atoms with E-state index in [1.165, 1.54) is 0 Å². The Bertz CT molecular complexity index is 349. The number of hydrogen-bond donors (Lipinski definition) is 2. The van der Waals surface area contributed by atoms with Crippen LogP contribution in [-0.2, 0) is 9.59 Å². The normalized spacial score (nSPS) is 25.6. The SMILES string of the molecule is CC(C)C(C)(CC(=O)N(C)CC1CC(O)C1)C(=O)O. The van der Waals surface area contributed by atoms with Crippen molar-refractivity contribution in [2.75, 3.05) is 13.6 Å². The van der Waals surface area contributed by atoms with Gasteiger partial charge >= 0.3 is 5.97 Å². The van der Waals surface area contributed by atoms with E-state index < -0.39 is 11.4 Å². The highest BCUT2D eigenvalue weighted by molar-refractivity contribution is 5.84. The predicted octanol–water partition coefficient (Wildman–Crippen LogP) is 1.35. The van der Waals surface area contributed by atoms with Crippen molar-refractivity contribution in [2.45, 2.75) is 46.1 Å². The molecule has 110 valence electrons. The molecule has 0 aromatic rings. The molecule has 1 unspecified atom stereocenters. The Balaban J connectivity index is 2.54. The summed E-state index contributed by atoms with van der Waals surface area (Å²) < 4.78 is 0. The number of rotatable bonds is 6. The Morgan fingerprint density at radius 2 is 1.89 bits per heavy atom. The van der Waals surface area contributed by atoms with Crippen LogP contribution in [0.25, 0.3) is 0 Å². The van der Waals surface area contributed by atoms with E-state index in [9.17, 15) is 19.8 Å². The van der Waals surface area contributed by atoms with E-state index in [0.717, 1.165) is 12.8 Å². The van der Waals surface area contributed by atoms with Crippen LogP contribution in [-0.4, -0.2) is 46.7 Å². The highest BCUT2D eigenvalue weighted by atomic mass is 16.4. The minimum atomic E-state index is -1.02. The minimum Gasteiger partial charge on any atom is -0.481 e. The molecule has 1 aliphatic rings. The second kappa shape index (κ2) is 5.90. The fraction of sp³-hybridized carbons (Fsp3) is 0.857. The maximum atomic E-state index is 12.1. The Morgan fingerprint density at radius 3 is 2.26 bits per heavy atom. The lowest BCUT2D eigenvalue weighted by Crippen LogP contribution is -2.43. The Morgan fingerprint density at radius 1 is 1.37 bits per heavy atom. The average Bonchev–Trinajstić information content (AvgIpc) is 2.25. The molecule has 0 aromatic carbocycles. The second-order valence-corrected chi connectivity index (χ2v) is 6.32. The largest absolute Gasteiger partial charge is 0.481 e. The van der Waals surface area contributed by atoms with Crippen molar-refractivity contribution in [3.05, 3.63) is 0 Å². The van der Waals surface area contributed by atoms with Crippen molar-refractivity contribution in [3.8, 4) is 0 Å². The van der Waals surface area contributed by atoms with Crippen LogP contribution in [0.3, 0.4) is 0 Å². The summed E-state index contributed by atoms with van der Waals surface area (Å²) in [6, 6.07) is 0. The number of nitrogens with zero attached hydrogens (tertiary/aromatic N) is 1. The van der Waals surface area contributed by atoms with Gasteiger partial charge in [-0.2, -0.15) is 0 Å². The first-order valence-electron chi connectivity index (χ1n) is 6.82. The maximum absolute atomic E-state index is 12.1. The van der Waals surface area contributed by atoms with Crippen LogP contribution in [0.15, 0.2) is 0 Å². The van der Waals surface area contributed by atoms with Gasteiger partial charge in [0.05, 0.1) is 11.5 Å². The summed E-state index contributed by atoms with van der Waals surface area (Å²) in [6.45, 7) is 5.87. The molecule has 1 saturated carbocycles. The molecule has 0 bridgehead atoms. The zero-order valence-electron chi connectivity index (χ0n) is 12.2. The first-order chi connectivity index (χ1) is 8.66. The third-order valence-electron chi connectivity index (χ3n) is 4.45. The molecule has 1 fully saturated rings. The Kier molecular flexibility index (Phi) is 4.96. The van der Waals surface area contributed by atoms with E-state index in [2.05, 4.69) is 0 Å². The molecular formula is C14H25NO4. The van der Waals surface area contributed by atoms with Crippen LogP contribution in [0.1, 0.15) is 40.0 Å². The quantitative estimate of drug-likeness (QED) is 0.764. The Labute approximate surface area is 114 Å². The lowest BCUT2D eigenvalue weighted by molar-refractivity contribution is -0.155. The van der Waals surface area contributed by atoms with E-state index >= 15 is 0 Å². The summed E-state index contributed by atoms with van der Waals surface area (Å²) in [6.07, 6.45) is 1.26. The lowest BCUT2D eigenvalue weighted by Gasteiger charge is -2.36. The van der Waals surface area contributed by atoms with Gasteiger partial charge in [0.1, 0.15) is 0 Å². The lowest BCUT2D eigenvalue weighted by atomic mass is 9.76. The number of amides is 1. The fourth-order valence-electron chi connectivity index (χ4n) is 2.31. The molecule has 0 spiro atoms. The number of carboxylic acid groups (broad SMARTS) is 1. The predicted molar refractivity (Wildman–Crippen MR) is 71.6 cm³/mol. The van der Waals surface area contributed by atoms with Gasteiger partial charge in [-0.25, -0.2) is 0 Å². The minimum absolute atomic E-state index is 0.0196. The summed E-state index contributed by atoms with van der Waals surface area (Å²) in [5.41, 5.74) is -1.02. The topological polar surface area (TPSA) is 77.8 Å². The smallest absolute Gasteiger partial charge is 0.310 e. The fourth-order valence-corrected chi connectivity index (χ4v) is 2.31. The summed E-state index contributed by atoms with van der Waals surface area (Å²) in [7, 11) is 1.70. The Hall–Kier alpha value is -1.10. The molecule has 0 aromatic heterocycles. The average molecular weight is 271 g/mol. The van der Waals surface area contributed by atoms with Gasteiger partial charge in [0, 0.05) is 20.0 Å². The molecule has 1 atom stereocenters. The van der Waals surface area contributed by atoms with Crippen LogP contribution < -0.4 is 0 Å². The first kappa shape index (κ1) is 16.0. The van der Waals surface area contributed by atoms with E-state index in [-0.39, 0.29) is 24.3 Å². The van der Waals surface area contributed by atoms with Crippen molar-refractivity contribution < 1.29 is 19.8 Å². The summed E-state index contributed by atoms with van der Waals surface area (Å²) >= 11 is 0. The second-order valence-electron chi connectivity index (χ2n) is 6.32. The van der Waals surface area contributed by atoms with Crippen LogP contribution in [0, 0.1) is 17.3 Å². The van der Waals surface area contributed by atoms with Gasteiger partial charge in [-0.1, -0.05) is 13.8 Å². The molecule has 2 N–H and O–H groups in total. The van der Waals surface area contributed by atoms with Crippen molar-refractivity contribution in [3.63, 3.8) is 0 Å². The number of aliphatic carboxylic acids is 1. The number of hydrogen-bond acceptors (Lipinski definition) is 3. The molecule has 1 rings (SSSR count). The van der Waals surface area contributed by atoms with Gasteiger partial charge in [-0.05, 0) is 31.6 Å². The maximum Gasteiger partial charge on any atom is 0.310 e. The van der Waals surface area contributed by atoms with E-state index in [0.29, 0.717) is 12.5 Å². The van der Waals surface area contributed by atoms with Crippen LogP contribution in [0.4, 0.5) is 0 Å². The van der Waals surface area contributed by atoms with E-state index in [4.69, 9.17) is 0 Å². The monoisotopic (exact) mass is 271 g/mol.